The third kappa shape index (κ3) is 6.05. The lowest BCUT2D eigenvalue weighted by Crippen LogP contribution is -2.27. The number of hydrogen-bond donors (Lipinski definition) is 2. The molecule has 2 rings (SSSR count). The van der Waals surface area contributed by atoms with Crippen molar-refractivity contribution in [2.24, 2.45) is 11.8 Å². The number of carbonyl (C=O) groups is 2. The molecule has 1 aliphatic carbocycles. The number of ketones is 1. The van der Waals surface area contributed by atoms with Gasteiger partial charge in [0.15, 0.2) is 0 Å². The van der Waals surface area contributed by atoms with Crippen LogP contribution in [0.25, 0.3) is 0 Å². The van der Waals surface area contributed by atoms with E-state index in [2.05, 4.69) is 39.8 Å². The minimum atomic E-state index is -1.83. The summed E-state index contributed by atoms with van der Waals surface area (Å²) in [6.07, 6.45) is 3.65. The van der Waals surface area contributed by atoms with Crippen molar-refractivity contribution in [2.75, 3.05) is 0 Å². The minimum Gasteiger partial charge on any atom is -0.450 e. The fraction of sp³-hybridized carbons (Fsp3) is 0.579. The summed E-state index contributed by atoms with van der Waals surface area (Å²) in [5, 5.41) is 13.9. The lowest BCUT2D eigenvalue weighted by Gasteiger charge is -2.28. The molecule has 0 radical (unpaired) electrons. The molecule has 2 atom stereocenters. The Morgan fingerprint density at radius 2 is 1.52 bits per heavy atom. The van der Waals surface area contributed by atoms with Gasteiger partial charge in [-0.2, -0.15) is 0 Å². The summed E-state index contributed by atoms with van der Waals surface area (Å²) in [7, 11) is 0. The van der Waals surface area contributed by atoms with Crippen LogP contribution >= 0.6 is 0 Å². The molecular weight excluding hydrogens is 292 g/mol. The van der Waals surface area contributed by atoms with Crippen LogP contribution in [0.15, 0.2) is 12.1 Å². The van der Waals surface area contributed by atoms with Crippen LogP contribution in [0.3, 0.4) is 0 Å². The van der Waals surface area contributed by atoms with Crippen molar-refractivity contribution in [2.45, 2.75) is 59.8 Å². The summed E-state index contributed by atoms with van der Waals surface area (Å²) in [5.41, 5.74) is 5.09. The Labute approximate surface area is 138 Å². The van der Waals surface area contributed by atoms with Gasteiger partial charge in [-0.05, 0) is 49.8 Å². The molecule has 4 heteroatoms. The van der Waals surface area contributed by atoms with E-state index in [4.69, 9.17) is 15.0 Å². The zero-order valence-electron chi connectivity index (χ0n) is 14.6. The van der Waals surface area contributed by atoms with Gasteiger partial charge in [-0.15, -0.1) is 0 Å². The highest BCUT2D eigenvalue weighted by atomic mass is 16.6. The molecule has 23 heavy (non-hydrogen) atoms. The van der Waals surface area contributed by atoms with Crippen molar-refractivity contribution in [3.63, 3.8) is 0 Å². The Balaban J connectivity index is 0.000000593. The Morgan fingerprint density at radius 3 is 2.00 bits per heavy atom. The van der Waals surface area contributed by atoms with Gasteiger partial charge in [-0.1, -0.05) is 43.9 Å². The quantitative estimate of drug-likeness (QED) is 0.841. The third-order valence-electron chi connectivity index (χ3n) is 4.72. The van der Waals surface area contributed by atoms with E-state index in [-0.39, 0.29) is 0 Å². The highest BCUT2D eigenvalue weighted by molar-refractivity contribution is 5.84. The van der Waals surface area contributed by atoms with Crippen LogP contribution in [-0.2, 0) is 11.2 Å². The van der Waals surface area contributed by atoms with Gasteiger partial charge < -0.3 is 10.2 Å². The molecule has 0 aliphatic heterocycles. The zero-order chi connectivity index (χ0) is 17.6. The fourth-order valence-electron chi connectivity index (χ4n) is 3.59. The number of benzene rings is 1. The van der Waals surface area contributed by atoms with Crippen molar-refractivity contribution < 1.29 is 19.8 Å². The van der Waals surface area contributed by atoms with Gasteiger partial charge in [-0.25, -0.2) is 4.79 Å². The Kier molecular flexibility index (Phi) is 7.27. The maximum atomic E-state index is 12.6. The summed E-state index contributed by atoms with van der Waals surface area (Å²) in [4.78, 5) is 21.1. The van der Waals surface area contributed by atoms with Crippen molar-refractivity contribution >= 4 is 11.9 Å². The highest BCUT2D eigenvalue weighted by Gasteiger charge is 2.27. The Morgan fingerprint density at radius 1 is 1.04 bits per heavy atom. The van der Waals surface area contributed by atoms with Crippen LogP contribution in [0.1, 0.15) is 54.9 Å². The molecule has 0 amide bonds. The maximum Gasteiger partial charge on any atom is 0.503 e. The van der Waals surface area contributed by atoms with Gasteiger partial charge in [0.05, 0.1) is 0 Å². The van der Waals surface area contributed by atoms with E-state index in [0.717, 1.165) is 6.42 Å². The molecular formula is C19H28O4. The highest BCUT2D eigenvalue weighted by Crippen LogP contribution is 2.31. The molecule has 1 saturated carbocycles. The Hall–Kier alpha value is -1.84. The summed E-state index contributed by atoms with van der Waals surface area (Å²) < 4.78 is 0. The summed E-state index contributed by atoms with van der Waals surface area (Å²) in [6.45, 7) is 8.63. The molecule has 4 nitrogen and oxygen atoms in total. The molecule has 1 fully saturated rings. The number of rotatable bonds is 3. The fourth-order valence-corrected chi connectivity index (χ4v) is 3.59. The molecule has 128 valence electrons. The number of carboxylic acid groups (broad SMARTS) is 2. The van der Waals surface area contributed by atoms with Crippen LogP contribution in [0.5, 0.6) is 0 Å². The number of carbonyl (C=O) groups excluding carboxylic acids is 1. The van der Waals surface area contributed by atoms with Gasteiger partial charge in [0, 0.05) is 12.3 Å². The van der Waals surface area contributed by atoms with Crippen LogP contribution in [0.2, 0.25) is 0 Å². The summed E-state index contributed by atoms with van der Waals surface area (Å²) in [5.74, 6) is 1.34. The van der Waals surface area contributed by atoms with E-state index < -0.39 is 6.16 Å². The van der Waals surface area contributed by atoms with E-state index in [1.807, 2.05) is 0 Å². The first-order chi connectivity index (χ1) is 10.7. The van der Waals surface area contributed by atoms with E-state index in [0.29, 0.717) is 24.0 Å². The smallest absolute Gasteiger partial charge is 0.450 e. The second-order valence-corrected chi connectivity index (χ2v) is 6.67. The first kappa shape index (κ1) is 19.2. The van der Waals surface area contributed by atoms with Crippen LogP contribution in [0.4, 0.5) is 4.79 Å². The standard InChI is InChI=1S/C18H26O.CH2O3/c1-12-9-14(3)17(15(4)10-12)11-18(19)16-8-6-5-7-13(16)2;2-1(3)4/h9-10,13,16H,5-8,11H2,1-4H3;(H2,2,3,4). The number of Topliss-reactive ketones (excluding diaryl/α,β-unsaturated/α-hetero) is 1. The monoisotopic (exact) mass is 320 g/mol. The van der Waals surface area contributed by atoms with Gasteiger partial charge in [-0.3, -0.25) is 4.79 Å². The van der Waals surface area contributed by atoms with Crippen molar-refractivity contribution in [1.82, 2.24) is 0 Å². The van der Waals surface area contributed by atoms with Gasteiger partial charge in [0.25, 0.3) is 0 Å². The van der Waals surface area contributed by atoms with E-state index in [1.54, 1.807) is 0 Å². The molecule has 0 saturated heterocycles. The third-order valence-corrected chi connectivity index (χ3v) is 4.72. The minimum absolute atomic E-state index is 0.300. The maximum absolute atomic E-state index is 12.6. The summed E-state index contributed by atoms with van der Waals surface area (Å²) in [6, 6.07) is 4.39. The largest absolute Gasteiger partial charge is 0.503 e. The van der Waals surface area contributed by atoms with Gasteiger partial charge in [0.2, 0.25) is 0 Å². The normalized spacial score (nSPS) is 20.3. The van der Waals surface area contributed by atoms with Crippen molar-refractivity contribution in [3.05, 3.63) is 34.4 Å². The topological polar surface area (TPSA) is 74.6 Å². The number of aryl methyl sites for hydroxylation is 3. The van der Waals surface area contributed by atoms with E-state index in [1.165, 1.54) is 41.5 Å². The average Bonchev–Trinajstić information content (AvgIpc) is 2.42. The average molecular weight is 320 g/mol. The lowest BCUT2D eigenvalue weighted by molar-refractivity contribution is -0.124. The van der Waals surface area contributed by atoms with E-state index in [9.17, 15) is 4.79 Å². The number of hydrogen-bond acceptors (Lipinski definition) is 2. The second-order valence-electron chi connectivity index (χ2n) is 6.67. The molecule has 0 spiro atoms. The molecule has 0 bridgehead atoms. The molecule has 2 unspecified atom stereocenters. The van der Waals surface area contributed by atoms with Crippen LogP contribution < -0.4 is 0 Å². The molecule has 1 aromatic rings. The zero-order valence-corrected chi connectivity index (χ0v) is 14.6. The van der Waals surface area contributed by atoms with Crippen molar-refractivity contribution in [3.8, 4) is 0 Å². The molecule has 0 heterocycles. The van der Waals surface area contributed by atoms with E-state index >= 15 is 0 Å². The SMILES string of the molecule is Cc1cc(C)c(CC(=O)C2CCCCC2C)c(C)c1.O=C(O)O. The van der Waals surface area contributed by atoms with Crippen LogP contribution in [-0.4, -0.2) is 22.2 Å². The predicted octanol–water partition coefficient (Wildman–Crippen LogP) is 4.77. The predicted molar refractivity (Wildman–Crippen MR) is 91.1 cm³/mol. The second kappa shape index (κ2) is 8.70. The Bertz CT molecular complexity index is 535. The van der Waals surface area contributed by atoms with Gasteiger partial charge >= 0.3 is 6.16 Å². The van der Waals surface area contributed by atoms with Gasteiger partial charge in [0.1, 0.15) is 5.78 Å². The molecule has 0 aromatic heterocycles. The summed E-state index contributed by atoms with van der Waals surface area (Å²) >= 11 is 0. The van der Waals surface area contributed by atoms with Crippen molar-refractivity contribution in [1.29, 1.82) is 0 Å². The molecule has 2 N–H and O–H groups in total. The van der Waals surface area contributed by atoms with Crippen LogP contribution in [0, 0.1) is 32.6 Å². The molecule has 1 aliphatic rings. The lowest BCUT2D eigenvalue weighted by atomic mass is 9.76. The molecule has 1 aromatic carbocycles. The first-order valence-electron chi connectivity index (χ1n) is 8.23. The first-order valence-corrected chi connectivity index (χ1v) is 8.23.